The largest absolute Gasteiger partial charge is 0.368 e. The third-order valence-electron chi connectivity index (χ3n) is 4.85. The second-order valence-corrected chi connectivity index (χ2v) is 6.78. The van der Waals surface area contributed by atoms with E-state index in [1.165, 1.54) is 0 Å². The highest BCUT2D eigenvalue weighted by molar-refractivity contribution is 5.44. The molecule has 1 atom stereocenters. The van der Waals surface area contributed by atoms with Crippen molar-refractivity contribution >= 4 is 11.8 Å². The SMILES string of the molecule is Cc1cc(N2CCC[C@H](c3nnc(Cn4ccnc4)n3C)C2)nc(N)n1. The van der Waals surface area contributed by atoms with Crippen molar-refractivity contribution in [1.82, 2.24) is 34.3 Å². The maximum Gasteiger partial charge on any atom is 0.222 e. The van der Waals surface area contributed by atoms with Crippen molar-refractivity contribution in [3.05, 3.63) is 42.1 Å². The summed E-state index contributed by atoms with van der Waals surface area (Å²) in [6.45, 7) is 4.43. The van der Waals surface area contributed by atoms with Crippen LogP contribution in [0, 0.1) is 6.92 Å². The molecule has 0 saturated carbocycles. The zero-order chi connectivity index (χ0) is 18.1. The third-order valence-corrected chi connectivity index (χ3v) is 4.85. The van der Waals surface area contributed by atoms with Gasteiger partial charge in [0.1, 0.15) is 11.6 Å². The molecule has 0 radical (unpaired) electrons. The molecular formula is C17H23N9. The van der Waals surface area contributed by atoms with E-state index in [0.29, 0.717) is 18.4 Å². The number of imidazole rings is 1. The highest BCUT2D eigenvalue weighted by Gasteiger charge is 2.27. The Morgan fingerprint density at radius 2 is 2.15 bits per heavy atom. The van der Waals surface area contributed by atoms with Crippen molar-refractivity contribution in [2.75, 3.05) is 23.7 Å². The van der Waals surface area contributed by atoms with Gasteiger partial charge in [0.15, 0.2) is 5.82 Å². The fourth-order valence-electron chi connectivity index (χ4n) is 3.54. The van der Waals surface area contributed by atoms with Crippen molar-refractivity contribution in [1.29, 1.82) is 0 Å². The summed E-state index contributed by atoms with van der Waals surface area (Å²) in [5.41, 5.74) is 6.71. The summed E-state index contributed by atoms with van der Waals surface area (Å²) in [6, 6.07) is 1.99. The van der Waals surface area contributed by atoms with Crippen LogP contribution in [-0.4, -0.2) is 47.4 Å². The molecule has 4 rings (SSSR count). The lowest BCUT2D eigenvalue weighted by Gasteiger charge is -2.33. The van der Waals surface area contributed by atoms with Crippen LogP contribution in [0.25, 0.3) is 0 Å². The van der Waals surface area contributed by atoms with E-state index >= 15 is 0 Å². The van der Waals surface area contributed by atoms with Gasteiger partial charge in [-0.05, 0) is 19.8 Å². The maximum atomic E-state index is 5.82. The highest BCUT2D eigenvalue weighted by Crippen LogP contribution is 2.28. The van der Waals surface area contributed by atoms with Crippen molar-refractivity contribution in [2.45, 2.75) is 32.2 Å². The number of nitrogens with zero attached hydrogens (tertiary/aromatic N) is 8. The molecule has 9 nitrogen and oxygen atoms in total. The number of piperidine rings is 1. The number of aromatic nitrogens is 7. The van der Waals surface area contributed by atoms with E-state index < -0.39 is 0 Å². The lowest BCUT2D eigenvalue weighted by atomic mass is 9.97. The Bertz CT molecular complexity index is 864. The summed E-state index contributed by atoms with van der Waals surface area (Å²) >= 11 is 0. The minimum absolute atomic E-state index is 0.314. The third kappa shape index (κ3) is 3.24. The van der Waals surface area contributed by atoms with Crippen molar-refractivity contribution in [2.24, 2.45) is 7.05 Å². The first-order valence-electron chi connectivity index (χ1n) is 8.80. The van der Waals surface area contributed by atoms with Gasteiger partial charge in [-0.2, -0.15) is 4.98 Å². The van der Waals surface area contributed by atoms with Crippen molar-refractivity contribution in [3.63, 3.8) is 0 Å². The van der Waals surface area contributed by atoms with E-state index in [0.717, 1.165) is 49.1 Å². The summed E-state index contributed by atoms with van der Waals surface area (Å²) in [5.74, 6) is 3.47. The van der Waals surface area contributed by atoms with Crippen LogP contribution in [-0.2, 0) is 13.6 Å². The Hall–Kier alpha value is -2.97. The molecule has 0 aliphatic carbocycles. The van der Waals surface area contributed by atoms with Crippen LogP contribution in [0.2, 0.25) is 0 Å². The smallest absolute Gasteiger partial charge is 0.222 e. The van der Waals surface area contributed by atoms with Crippen molar-refractivity contribution < 1.29 is 0 Å². The summed E-state index contributed by atoms with van der Waals surface area (Å²) in [6.07, 6.45) is 7.66. The van der Waals surface area contributed by atoms with Gasteiger partial charge < -0.3 is 19.8 Å². The van der Waals surface area contributed by atoms with E-state index in [1.807, 2.05) is 30.8 Å². The Morgan fingerprint density at radius 3 is 2.92 bits per heavy atom. The van der Waals surface area contributed by atoms with E-state index in [9.17, 15) is 0 Å². The van der Waals surface area contributed by atoms with Crippen LogP contribution in [0.5, 0.6) is 0 Å². The first-order valence-corrected chi connectivity index (χ1v) is 8.80. The predicted molar refractivity (Wildman–Crippen MR) is 97.7 cm³/mol. The van der Waals surface area contributed by atoms with Crippen LogP contribution in [0.15, 0.2) is 24.8 Å². The van der Waals surface area contributed by atoms with Crippen LogP contribution in [0.1, 0.15) is 36.1 Å². The number of nitrogen functional groups attached to an aromatic ring is 1. The van der Waals surface area contributed by atoms with E-state index in [4.69, 9.17) is 5.73 Å². The quantitative estimate of drug-likeness (QED) is 0.749. The van der Waals surface area contributed by atoms with Gasteiger partial charge in [-0.15, -0.1) is 10.2 Å². The fraction of sp³-hybridized carbons (Fsp3) is 0.471. The molecule has 1 fully saturated rings. The van der Waals surface area contributed by atoms with Gasteiger partial charge in [-0.1, -0.05) is 0 Å². The number of hydrogen-bond donors (Lipinski definition) is 1. The lowest BCUT2D eigenvalue weighted by molar-refractivity contribution is 0.475. The van der Waals surface area contributed by atoms with Gasteiger partial charge in [0.05, 0.1) is 12.9 Å². The predicted octanol–water partition coefficient (Wildman–Crippen LogP) is 1.12. The average molecular weight is 353 g/mol. The summed E-state index contributed by atoms with van der Waals surface area (Å²) < 4.78 is 4.10. The molecule has 0 bridgehead atoms. The van der Waals surface area contributed by atoms with Crippen LogP contribution < -0.4 is 10.6 Å². The number of rotatable bonds is 4. The molecule has 2 N–H and O–H groups in total. The minimum Gasteiger partial charge on any atom is -0.368 e. The van der Waals surface area contributed by atoms with Crippen LogP contribution in [0.3, 0.4) is 0 Å². The Kier molecular flexibility index (Phi) is 4.27. The van der Waals surface area contributed by atoms with Crippen LogP contribution in [0.4, 0.5) is 11.8 Å². The molecule has 1 aliphatic heterocycles. The second-order valence-electron chi connectivity index (χ2n) is 6.78. The Balaban J connectivity index is 1.53. The number of anilines is 2. The molecule has 0 aromatic carbocycles. The zero-order valence-electron chi connectivity index (χ0n) is 15.1. The summed E-state index contributed by atoms with van der Waals surface area (Å²) in [7, 11) is 2.04. The average Bonchev–Trinajstić information content (AvgIpc) is 3.25. The highest BCUT2D eigenvalue weighted by atomic mass is 15.3. The fourth-order valence-corrected chi connectivity index (χ4v) is 3.54. The first-order chi connectivity index (χ1) is 12.6. The maximum absolute atomic E-state index is 5.82. The first kappa shape index (κ1) is 16.5. The number of nitrogens with two attached hydrogens (primary N) is 1. The van der Waals surface area contributed by atoms with E-state index in [-0.39, 0.29) is 0 Å². The normalized spacial score (nSPS) is 17.6. The van der Waals surface area contributed by atoms with Gasteiger partial charge in [0.25, 0.3) is 0 Å². The standard InChI is InChI=1S/C17H23N9/c1-12-8-14(21-17(18)20-12)26-6-3-4-13(9-26)16-23-22-15(24(16)2)10-25-7-5-19-11-25/h5,7-8,11,13H,3-4,6,9-10H2,1-2H3,(H2,18,20,21)/t13-/m0/s1. The Morgan fingerprint density at radius 1 is 1.27 bits per heavy atom. The molecule has 3 aromatic rings. The molecule has 3 aromatic heterocycles. The topological polar surface area (TPSA) is 104 Å². The Labute approximate surface area is 151 Å². The molecule has 4 heterocycles. The molecule has 26 heavy (non-hydrogen) atoms. The van der Waals surface area contributed by atoms with Crippen LogP contribution >= 0.6 is 0 Å². The number of aryl methyl sites for hydroxylation is 1. The molecule has 1 saturated heterocycles. The minimum atomic E-state index is 0.314. The molecule has 0 unspecified atom stereocenters. The van der Waals surface area contributed by atoms with Gasteiger partial charge in [-0.25, -0.2) is 9.97 Å². The molecule has 0 spiro atoms. The summed E-state index contributed by atoms with van der Waals surface area (Å²) in [4.78, 5) is 14.9. The summed E-state index contributed by atoms with van der Waals surface area (Å²) in [5, 5.41) is 8.87. The molecule has 9 heteroatoms. The monoisotopic (exact) mass is 353 g/mol. The molecule has 0 amide bonds. The van der Waals surface area contributed by atoms with E-state index in [2.05, 4.69) is 34.6 Å². The second kappa shape index (κ2) is 6.74. The van der Waals surface area contributed by atoms with Gasteiger partial charge in [-0.3, -0.25) is 0 Å². The molecular weight excluding hydrogens is 330 g/mol. The van der Waals surface area contributed by atoms with E-state index in [1.54, 1.807) is 12.5 Å². The van der Waals surface area contributed by atoms with Crippen molar-refractivity contribution in [3.8, 4) is 0 Å². The van der Waals surface area contributed by atoms with Gasteiger partial charge >= 0.3 is 0 Å². The zero-order valence-corrected chi connectivity index (χ0v) is 15.1. The lowest BCUT2D eigenvalue weighted by Crippen LogP contribution is -2.36. The number of hydrogen-bond acceptors (Lipinski definition) is 7. The van der Waals surface area contributed by atoms with Gasteiger partial charge in [0, 0.05) is 50.2 Å². The molecule has 1 aliphatic rings. The molecule has 136 valence electrons. The van der Waals surface area contributed by atoms with Gasteiger partial charge in [0.2, 0.25) is 5.95 Å².